The average molecular weight is 344 g/mol. The zero-order valence-corrected chi connectivity index (χ0v) is 14.0. The first-order valence-electron chi connectivity index (χ1n) is 7.81. The molecule has 1 aromatic rings. The van der Waals surface area contributed by atoms with Gasteiger partial charge in [0.2, 0.25) is 5.91 Å². The van der Waals surface area contributed by atoms with Gasteiger partial charge in [-0.2, -0.15) is 0 Å². The highest BCUT2D eigenvalue weighted by Crippen LogP contribution is 2.46. The van der Waals surface area contributed by atoms with Gasteiger partial charge in [-0.25, -0.2) is 0 Å². The van der Waals surface area contributed by atoms with Gasteiger partial charge in [0.25, 0.3) is 0 Å². The Bertz CT molecular complexity index is 616. The predicted molar refractivity (Wildman–Crippen MR) is 85.5 cm³/mol. The first-order chi connectivity index (χ1) is 10.9. The van der Waals surface area contributed by atoms with E-state index in [1.807, 2.05) is 6.92 Å². The normalized spacial score (nSPS) is 26.7. The molecule has 3 N–H and O–H groups in total. The van der Waals surface area contributed by atoms with Crippen LogP contribution in [0.1, 0.15) is 40.0 Å². The number of nitrogens with one attached hydrogen (secondary N) is 1. The van der Waals surface area contributed by atoms with Gasteiger partial charge in [-0.3, -0.25) is 4.79 Å². The third kappa shape index (κ3) is 4.87. The summed E-state index contributed by atoms with van der Waals surface area (Å²) in [4.78, 5) is 12.7. The fourth-order valence-corrected chi connectivity index (χ4v) is 3.79. The van der Waals surface area contributed by atoms with E-state index in [1.165, 1.54) is 18.2 Å². The molecule has 0 aliphatic heterocycles. The lowest BCUT2D eigenvalue weighted by molar-refractivity contribution is -0.274. The van der Waals surface area contributed by atoms with Crippen LogP contribution in [0.4, 0.5) is 18.9 Å². The molecule has 2 unspecified atom stereocenters. The van der Waals surface area contributed by atoms with E-state index in [4.69, 9.17) is 5.73 Å². The van der Waals surface area contributed by atoms with Crippen molar-refractivity contribution < 1.29 is 22.7 Å². The molecule has 1 amide bonds. The van der Waals surface area contributed by atoms with Gasteiger partial charge >= 0.3 is 6.36 Å². The van der Waals surface area contributed by atoms with E-state index in [1.54, 1.807) is 0 Å². The second-order valence-corrected chi connectivity index (χ2v) is 7.60. The molecule has 0 spiro atoms. The summed E-state index contributed by atoms with van der Waals surface area (Å²) in [7, 11) is 0. The van der Waals surface area contributed by atoms with Gasteiger partial charge in [0.05, 0.1) is 0 Å². The van der Waals surface area contributed by atoms with Crippen LogP contribution < -0.4 is 15.8 Å². The van der Waals surface area contributed by atoms with Crippen molar-refractivity contribution in [2.75, 3.05) is 5.32 Å². The molecule has 134 valence electrons. The van der Waals surface area contributed by atoms with Crippen LogP contribution in [0.25, 0.3) is 0 Å². The standard InChI is InChI=1S/C17H23F3N2O2/c1-15(2)8-11(21)9-16(3,10-15)14(23)22-12-5-4-6-13(7-12)24-17(18,19)20/h4-7,11H,8-10,21H2,1-3H3,(H,22,23). The lowest BCUT2D eigenvalue weighted by Gasteiger charge is -2.44. The van der Waals surface area contributed by atoms with Crippen LogP contribution in [-0.2, 0) is 4.79 Å². The van der Waals surface area contributed by atoms with Crippen molar-refractivity contribution in [3.8, 4) is 5.75 Å². The Kier molecular flexibility index (Phi) is 4.86. The molecular formula is C17H23F3N2O2. The Labute approximate surface area is 139 Å². The summed E-state index contributed by atoms with van der Waals surface area (Å²) in [5.41, 5.74) is 5.62. The highest BCUT2D eigenvalue weighted by molar-refractivity contribution is 5.95. The number of benzene rings is 1. The largest absolute Gasteiger partial charge is 0.573 e. The maximum Gasteiger partial charge on any atom is 0.573 e. The summed E-state index contributed by atoms with van der Waals surface area (Å²) in [6.07, 6.45) is -2.72. The number of hydrogen-bond acceptors (Lipinski definition) is 3. The van der Waals surface area contributed by atoms with Crippen molar-refractivity contribution in [3.63, 3.8) is 0 Å². The predicted octanol–water partition coefficient (Wildman–Crippen LogP) is 4.07. The van der Waals surface area contributed by atoms with Crippen molar-refractivity contribution in [2.45, 2.75) is 52.4 Å². The van der Waals surface area contributed by atoms with E-state index < -0.39 is 11.8 Å². The lowest BCUT2D eigenvalue weighted by atomic mass is 9.62. The maximum absolute atomic E-state index is 12.7. The van der Waals surface area contributed by atoms with E-state index in [2.05, 4.69) is 23.9 Å². The van der Waals surface area contributed by atoms with Crippen molar-refractivity contribution >= 4 is 11.6 Å². The third-order valence-electron chi connectivity index (χ3n) is 4.27. The van der Waals surface area contributed by atoms with E-state index in [-0.39, 0.29) is 28.8 Å². The number of ether oxygens (including phenoxy) is 1. The Hall–Kier alpha value is -1.76. The molecule has 7 heteroatoms. The topological polar surface area (TPSA) is 64.4 Å². The molecule has 2 rings (SSSR count). The molecule has 0 saturated heterocycles. The van der Waals surface area contributed by atoms with Crippen LogP contribution in [0, 0.1) is 10.8 Å². The van der Waals surface area contributed by atoms with Gasteiger partial charge < -0.3 is 15.8 Å². The average Bonchev–Trinajstić information content (AvgIpc) is 2.33. The van der Waals surface area contributed by atoms with Gasteiger partial charge in [-0.05, 0) is 36.8 Å². The van der Waals surface area contributed by atoms with Crippen LogP contribution in [0.15, 0.2) is 24.3 Å². The van der Waals surface area contributed by atoms with Crippen LogP contribution in [0.5, 0.6) is 5.75 Å². The second kappa shape index (κ2) is 6.27. The van der Waals surface area contributed by atoms with Crippen molar-refractivity contribution in [1.29, 1.82) is 0 Å². The lowest BCUT2D eigenvalue weighted by Crippen LogP contribution is -2.48. The number of hydrogen-bond donors (Lipinski definition) is 2. The van der Waals surface area contributed by atoms with Crippen LogP contribution in [0.2, 0.25) is 0 Å². The zero-order valence-electron chi connectivity index (χ0n) is 14.0. The van der Waals surface area contributed by atoms with Crippen LogP contribution >= 0.6 is 0 Å². The molecule has 0 bridgehead atoms. The number of alkyl halides is 3. The molecule has 1 aromatic carbocycles. The minimum Gasteiger partial charge on any atom is -0.406 e. The van der Waals surface area contributed by atoms with Crippen molar-refractivity contribution in [3.05, 3.63) is 24.3 Å². The summed E-state index contributed by atoms with van der Waals surface area (Å²) >= 11 is 0. The molecule has 1 aliphatic carbocycles. The van der Waals surface area contributed by atoms with E-state index in [9.17, 15) is 18.0 Å². The monoisotopic (exact) mass is 344 g/mol. The first-order valence-corrected chi connectivity index (χ1v) is 7.81. The summed E-state index contributed by atoms with van der Waals surface area (Å²) < 4.78 is 40.8. The Morgan fingerprint density at radius 3 is 2.54 bits per heavy atom. The van der Waals surface area contributed by atoms with Gasteiger partial charge in [-0.15, -0.1) is 13.2 Å². The third-order valence-corrected chi connectivity index (χ3v) is 4.27. The molecule has 24 heavy (non-hydrogen) atoms. The molecule has 1 aliphatic rings. The molecule has 1 saturated carbocycles. The fourth-order valence-electron chi connectivity index (χ4n) is 3.79. The second-order valence-electron chi connectivity index (χ2n) is 7.60. The van der Waals surface area contributed by atoms with Crippen LogP contribution in [-0.4, -0.2) is 18.3 Å². The number of rotatable bonds is 3. The Morgan fingerprint density at radius 2 is 1.96 bits per heavy atom. The number of amides is 1. The fraction of sp³-hybridized carbons (Fsp3) is 0.588. The number of anilines is 1. The van der Waals surface area contributed by atoms with E-state index in [0.717, 1.165) is 12.5 Å². The van der Waals surface area contributed by atoms with Gasteiger partial charge in [-0.1, -0.05) is 26.8 Å². The number of carbonyl (C=O) groups is 1. The minimum absolute atomic E-state index is 0.0645. The van der Waals surface area contributed by atoms with Crippen LogP contribution in [0.3, 0.4) is 0 Å². The highest BCUT2D eigenvalue weighted by atomic mass is 19.4. The van der Waals surface area contributed by atoms with Gasteiger partial charge in [0, 0.05) is 23.2 Å². The summed E-state index contributed by atoms with van der Waals surface area (Å²) in [5.74, 6) is -0.610. The molecule has 0 radical (unpaired) electrons. The smallest absolute Gasteiger partial charge is 0.406 e. The van der Waals surface area contributed by atoms with Crippen molar-refractivity contribution in [1.82, 2.24) is 0 Å². The zero-order chi connectivity index (χ0) is 18.2. The SMILES string of the molecule is CC1(C)CC(N)CC(C)(C(=O)Nc2cccc(OC(F)(F)F)c2)C1. The van der Waals surface area contributed by atoms with Gasteiger partial charge in [0.15, 0.2) is 0 Å². The Balaban J connectivity index is 2.13. The molecule has 0 heterocycles. The molecule has 4 nitrogen and oxygen atoms in total. The number of carbonyl (C=O) groups excluding carboxylic acids is 1. The molecule has 0 aromatic heterocycles. The first kappa shape index (κ1) is 18.6. The Morgan fingerprint density at radius 1 is 1.29 bits per heavy atom. The number of nitrogens with two attached hydrogens (primary N) is 1. The summed E-state index contributed by atoms with van der Waals surface area (Å²) in [6, 6.07) is 5.19. The minimum atomic E-state index is -4.77. The van der Waals surface area contributed by atoms with Gasteiger partial charge in [0.1, 0.15) is 5.75 Å². The van der Waals surface area contributed by atoms with E-state index in [0.29, 0.717) is 12.8 Å². The summed E-state index contributed by atoms with van der Waals surface area (Å²) in [5, 5.41) is 2.69. The van der Waals surface area contributed by atoms with E-state index >= 15 is 0 Å². The van der Waals surface area contributed by atoms with Crippen molar-refractivity contribution in [2.24, 2.45) is 16.6 Å². The maximum atomic E-state index is 12.7. The highest BCUT2D eigenvalue weighted by Gasteiger charge is 2.44. The molecular weight excluding hydrogens is 321 g/mol. The number of halogens is 3. The quantitative estimate of drug-likeness (QED) is 0.869. The summed E-state index contributed by atoms with van der Waals surface area (Å²) in [6.45, 7) is 5.98. The molecule has 1 fully saturated rings. The molecule has 2 atom stereocenters.